The number of thiophene rings is 2. The van der Waals surface area contributed by atoms with Crippen LogP contribution in [0, 0.1) is 55.4 Å². The average molecular weight is 1230 g/mol. The van der Waals surface area contributed by atoms with Crippen molar-refractivity contribution >= 4 is 161 Å². The summed E-state index contributed by atoms with van der Waals surface area (Å²) in [5.74, 6) is 6.47. The summed E-state index contributed by atoms with van der Waals surface area (Å²) >= 11 is 9.25. The first-order valence-electron chi connectivity index (χ1n) is 27.3. The second-order valence-corrected chi connectivity index (χ2v) is 23.2. The maximum absolute atomic E-state index is 5.81. The van der Waals surface area contributed by atoms with Crippen molar-refractivity contribution in [3.05, 3.63) is 196 Å². The third-order valence-corrected chi connectivity index (χ3v) is 15.4. The fourth-order valence-electron chi connectivity index (χ4n) is 9.21. The highest BCUT2D eigenvalue weighted by molar-refractivity contribution is 7.19. The molecule has 16 rings (SSSR count). The number of furan rings is 2. The Hall–Kier alpha value is -10.8. The van der Waals surface area contributed by atoms with Crippen LogP contribution in [0.1, 0.15) is 44.2 Å². The van der Waals surface area contributed by atoms with Crippen LogP contribution in [0.3, 0.4) is 0 Å². The SMILES string of the molecule is Cc1cc2c(N)nccc2[nH]1.Cc1cc2c(N)nccc2o1.Cc1cc2c(N)nccc2s1.Cc1cc2cc(Cl)ccc2[nH]1.Cc1cc2ccnc(N)c2[nH]1.Cc1cc2ccnc(N)c2o1.Cc1cc2ccnc(N)c2s1.Cc1nc2c(N)nccc2[nH]1. The summed E-state index contributed by atoms with van der Waals surface area (Å²) in [4.78, 5) is 47.1. The van der Waals surface area contributed by atoms with E-state index >= 15 is 0 Å². The number of nitrogens with two attached hydrogens (primary N) is 7. The van der Waals surface area contributed by atoms with Crippen LogP contribution in [0.5, 0.6) is 0 Å². The normalized spacial score (nSPS) is 10.6. The molecule has 21 nitrogen and oxygen atoms in total. The number of pyridine rings is 7. The summed E-state index contributed by atoms with van der Waals surface area (Å²) in [6.07, 6.45) is 11.9. The largest absolute Gasteiger partial charge is 0.461 e. The number of aromatic amines is 4. The van der Waals surface area contributed by atoms with Crippen LogP contribution >= 0.6 is 34.3 Å². The fourth-order valence-corrected chi connectivity index (χ4v) is 11.2. The first-order valence-corrected chi connectivity index (χ1v) is 29.3. The molecule has 0 aliphatic heterocycles. The standard InChI is InChI=1S/C9H8ClN.2C8H9N3.2C8H8N2O.2C8H8N2S.C7H8N4/c1-6-4-7-5-8(10)2-3-9(7)11-6;1-5-4-6-7(11-5)2-3-10-8(6)9;1-5-4-6-2-3-10-8(9)7(6)11-5;1-5-4-6-7(11-5)2-3-10-8(6)9;1-5-4-6-2-3-10-8(9)7(6)11-5;1-5-4-6-7(11-5)2-3-10-8(6)9;1-5-4-6-2-3-10-8(9)7(6)11-5;1-4-10-5-2-3-9-7(8)6(5)11-4/h2-5,11H,1H3;2*2-4,11H,1H3,(H2,9,10);4*2-4H,1H3,(H2,9,10);2-3H,1H3,(H2,8,9)(H,10,11). The predicted molar refractivity (Wildman–Crippen MR) is 365 cm³/mol. The van der Waals surface area contributed by atoms with Crippen LogP contribution in [0.2, 0.25) is 5.02 Å². The zero-order chi connectivity index (χ0) is 62.8. The monoisotopic (exact) mass is 1230 g/mol. The molecule has 24 heteroatoms. The molecule has 448 valence electrons. The Morgan fingerprint density at radius 1 is 0.398 bits per heavy atom. The molecule has 0 spiro atoms. The summed E-state index contributed by atoms with van der Waals surface area (Å²) < 4.78 is 13.0. The Kier molecular flexibility index (Phi) is 19.3. The zero-order valence-electron chi connectivity index (χ0n) is 49.5. The molecule has 0 fully saturated rings. The van der Waals surface area contributed by atoms with Crippen LogP contribution < -0.4 is 40.1 Å². The molecule has 1 aromatic carbocycles. The van der Waals surface area contributed by atoms with E-state index in [9.17, 15) is 0 Å². The minimum Gasteiger partial charge on any atom is -0.461 e. The molecule has 0 saturated carbocycles. The lowest BCUT2D eigenvalue weighted by Gasteiger charge is -1.91. The van der Waals surface area contributed by atoms with Crippen molar-refractivity contribution in [1.82, 2.24) is 59.8 Å². The number of aromatic nitrogens is 12. The van der Waals surface area contributed by atoms with Gasteiger partial charge < -0.3 is 68.9 Å². The minimum atomic E-state index is 0.454. The molecule has 0 aliphatic rings. The Morgan fingerprint density at radius 2 is 0.955 bits per heavy atom. The lowest BCUT2D eigenvalue weighted by Crippen LogP contribution is -1.89. The van der Waals surface area contributed by atoms with Crippen LogP contribution in [0.25, 0.3) is 85.9 Å². The summed E-state index contributed by atoms with van der Waals surface area (Å²) in [5, 5.41) is 8.27. The maximum atomic E-state index is 5.81. The molecule has 15 heterocycles. The summed E-state index contributed by atoms with van der Waals surface area (Å²) in [7, 11) is 0. The minimum absolute atomic E-state index is 0.454. The highest BCUT2D eigenvalue weighted by Gasteiger charge is 2.07. The number of benzene rings is 1. The molecule has 0 bridgehead atoms. The van der Waals surface area contributed by atoms with E-state index in [1.807, 2.05) is 120 Å². The van der Waals surface area contributed by atoms with Crippen molar-refractivity contribution in [2.45, 2.75) is 55.4 Å². The molecule has 0 unspecified atom stereocenters. The van der Waals surface area contributed by atoms with Crippen molar-refractivity contribution in [2.75, 3.05) is 40.1 Å². The Morgan fingerprint density at radius 3 is 1.64 bits per heavy atom. The van der Waals surface area contributed by atoms with Crippen molar-refractivity contribution in [2.24, 2.45) is 0 Å². The van der Waals surface area contributed by atoms with Gasteiger partial charge in [0.1, 0.15) is 57.5 Å². The van der Waals surface area contributed by atoms with E-state index in [1.54, 1.807) is 72.1 Å². The molecule has 0 atom stereocenters. The van der Waals surface area contributed by atoms with Crippen LogP contribution in [0.15, 0.2) is 155 Å². The number of H-pyrrole nitrogens is 4. The number of fused-ring (bicyclic) bond motifs is 8. The number of nitrogens with one attached hydrogen (secondary N) is 4. The lowest BCUT2D eigenvalue weighted by molar-refractivity contribution is 0.578. The number of anilines is 7. The van der Waals surface area contributed by atoms with Gasteiger partial charge >= 0.3 is 0 Å². The summed E-state index contributed by atoms with van der Waals surface area (Å²) in [5.41, 5.74) is 49.0. The zero-order valence-corrected chi connectivity index (χ0v) is 51.9. The van der Waals surface area contributed by atoms with Gasteiger partial charge in [0.2, 0.25) is 0 Å². The van der Waals surface area contributed by atoms with Gasteiger partial charge in [-0.2, -0.15) is 0 Å². The number of rotatable bonds is 0. The van der Waals surface area contributed by atoms with E-state index in [-0.39, 0.29) is 0 Å². The molecule has 18 N–H and O–H groups in total. The average Bonchev–Trinajstić information content (AvgIpc) is 4.49. The van der Waals surface area contributed by atoms with E-state index in [2.05, 4.69) is 91.9 Å². The van der Waals surface area contributed by atoms with Crippen molar-refractivity contribution in [1.29, 1.82) is 0 Å². The number of imidazole rings is 1. The number of nitrogens with zero attached hydrogens (tertiary/aromatic N) is 8. The maximum Gasteiger partial charge on any atom is 0.176 e. The third-order valence-electron chi connectivity index (χ3n) is 13.1. The topological polar surface area (TPSA) is 375 Å². The Bertz CT molecular complexity index is 4240. The number of hydrogen-bond donors (Lipinski definition) is 11. The molecule has 0 radical (unpaired) electrons. The molecule has 0 saturated heterocycles. The van der Waals surface area contributed by atoms with Crippen LogP contribution in [0.4, 0.5) is 40.7 Å². The van der Waals surface area contributed by atoms with Gasteiger partial charge in [0, 0.05) is 112 Å². The van der Waals surface area contributed by atoms with E-state index in [0.29, 0.717) is 46.3 Å². The molecule has 15 aromatic heterocycles. The van der Waals surface area contributed by atoms with Gasteiger partial charge in [-0.15, -0.1) is 22.7 Å². The highest BCUT2D eigenvalue weighted by atomic mass is 35.5. The fraction of sp³-hybridized carbons (Fsp3) is 0.125. The highest BCUT2D eigenvalue weighted by Crippen LogP contribution is 2.30. The Labute approximate surface area is 517 Å². The second kappa shape index (κ2) is 27.5. The predicted octanol–water partition coefficient (Wildman–Crippen LogP) is 14.7. The lowest BCUT2D eigenvalue weighted by atomic mass is 10.2. The van der Waals surface area contributed by atoms with Gasteiger partial charge in [0.15, 0.2) is 17.2 Å². The first-order chi connectivity index (χ1) is 42.2. The number of halogens is 1. The molecule has 0 aliphatic carbocycles. The second-order valence-electron chi connectivity index (χ2n) is 20.2. The summed E-state index contributed by atoms with van der Waals surface area (Å²) in [6.45, 7) is 15.8. The van der Waals surface area contributed by atoms with E-state index in [1.165, 1.54) is 30.9 Å². The van der Waals surface area contributed by atoms with Gasteiger partial charge in [0.05, 0.1) is 26.6 Å². The van der Waals surface area contributed by atoms with Gasteiger partial charge in [-0.25, -0.2) is 39.9 Å². The number of aryl methyl sites for hydroxylation is 8. The van der Waals surface area contributed by atoms with Crippen LogP contribution in [-0.2, 0) is 0 Å². The molecule has 16 aromatic rings. The van der Waals surface area contributed by atoms with E-state index in [4.69, 9.17) is 60.6 Å². The summed E-state index contributed by atoms with van der Waals surface area (Å²) in [6, 6.07) is 33.3. The van der Waals surface area contributed by atoms with Gasteiger partial charge in [-0.3, -0.25) is 0 Å². The van der Waals surface area contributed by atoms with Crippen molar-refractivity contribution in [3.8, 4) is 0 Å². The smallest absolute Gasteiger partial charge is 0.176 e. The van der Waals surface area contributed by atoms with Crippen molar-refractivity contribution in [3.63, 3.8) is 0 Å². The van der Waals surface area contributed by atoms with Gasteiger partial charge in [-0.05, 0) is 164 Å². The number of nitrogen functional groups attached to an aromatic ring is 7. The third kappa shape index (κ3) is 15.4. The molecular formula is C64H66ClN19O2S2. The molecule has 0 amide bonds. The first kappa shape index (κ1) is 61.8. The quantitative estimate of drug-likeness (QED) is 0.0672. The van der Waals surface area contributed by atoms with Crippen molar-refractivity contribution < 1.29 is 8.83 Å². The van der Waals surface area contributed by atoms with Gasteiger partial charge in [0.25, 0.3) is 0 Å². The van der Waals surface area contributed by atoms with Gasteiger partial charge in [-0.1, -0.05) is 11.6 Å². The number of hydrogen-bond acceptors (Lipinski definition) is 19. The van der Waals surface area contributed by atoms with E-state index in [0.717, 1.165) is 98.6 Å². The Balaban J connectivity index is 0.000000120. The van der Waals surface area contributed by atoms with Crippen LogP contribution in [-0.4, -0.2) is 59.8 Å². The van der Waals surface area contributed by atoms with E-state index < -0.39 is 0 Å². The molecular weight excluding hydrogens is 1170 g/mol. The molecule has 88 heavy (non-hydrogen) atoms.